The minimum atomic E-state index is -0.824. The van der Waals surface area contributed by atoms with E-state index in [0.717, 1.165) is 154 Å². The van der Waals surface area contributed by atoms with Crippen molar-refractivity contribution in [1.29, 1.82) is 0 Å². The van der Waals surface area contributed by atoms with Crippen LogP contribution in [0, 0.1) is 0 Å². The standard InChI is InChI=1S/C76H118O6/c1-4-7-10-13-16-19-22-24-26-28-30-32-34-35-36-37-38-39-40-41-43-44-46-48-50-52-54-57-60-63-66-69-75(78)81-72-73(71-80-74(77)68-65-62-59-56-21-18-15-12-9-6-3)82-76(79)70-67-64-61-58-55-53-51-49-47-45-42-33-31-29-27-25-23-20-17-14-11-8-5-2/h7-8,10-11,16-17,19-20,24-27,30-33,35-36,38-39,41,43,45-48,51,53,58,61,73H,4-6,9,12-15,18,21-23,28-29,34,37,40,42,44,49-50,52,54-57,59-60,62-72H2,1-3H3/b10-7-,11-8-,19-16-,20-17-,26-24-,27-25-,32-30-,33-31-,36-35-,39-38-,43-41-,47-45-,48-46-,53-51-,61-58-. The molecule has 82 heavy (non-hydrogen) atoms. The van der Waals surface area contributed by atoms with Crippen molar-refractivity contribution >= 4 is 17.9 Å². The molecule has 1 unspecified atom stereocenters. The molecule has 6 nitrogen and oxygen atoms in total. The third-order valence-electron chi connectivity index (χ3n) is 13.2. The summed E-state index contributed by atoms with van der Waals surface area (Å²) in [6.45, 7) is 6.33. The first kappa shape index (κ1) is 76.5. The summed E-state index contributed by atoms with van der Waals surface area (Å²) in [5, 5.41) is 0. The molecule has 0 aliphatic carbocycles. The van der Waals surface area contributed by atoms with Crippen molar-refractivity contribution < 1.29 is 28.6 Å². The topological polar surface area (TPSA) is 78.9 Å². The first-order valence-electron chi connectivity index (χ1n) is 32.8. The van der Waals surface area contributed by atoms with Crippen LogP contribution in [0.3, 0.4) is 0 Å². The van der Waals surface area contributed by atoms with Gasteiger partial charge in [0.05, 0.1) is 0 Å². The summed E-state index contributed by atoms with van der Waals surface area (Å²) in [7, 11) is 0. The summed E-state index contributed by atoms with van der Waals surface area (Å²) >= 11 is 0. The number of rotatable bonds is 57. The number of esters is 3. The van der Waals surface area contributed by atoms with E-state index in [4.69, 9.17) is 14.2 Å². The highest BCUT2D eigenvalue weighted by Gasteiger charge is 2.19. The Kier molecular flexibility index (Phi) is 63.5. The van der Waals surface area contributed by atoms with E-state index in [2.05, 4.69) is 203 Å². The van der Waals surface area contributed by atoms with Gasteiger partial charge in [0.15, 0.2) is 6.10 Å². The van der Waals surface area contributed by atoms with Gasteiger partial charge in [-0.3, -0.25) is 14.4 Å². The summed E-state index contributed by atoms with van der Waals surface area (Å²) in [6, 6.07) is 0. The van der Waals surface area contributed by atoms with Crippen LogP contribution in [-0.2, 0) is 28.6 Å². The molecule has 0 spiro atoms. The van der Waals surface area contributed by atoms with Gasteiger partial charge in [-0.2, -0.15) is 0 Å². The van der Waals surface area contributed by atoms with Crippen molar-refractivity contribution in [3.8, 4) is 0 Å². The van der Waals surface area contributed by atoms with Crippen molar-refractivity contribution in [2.45, 2.75) is 264 Å². The minimum Gasteiger partial charge on any atom is -0.462 e. The third-order valence-corrected chi connectivity index (χ3v) is 13.2. The molecule has 0 aromatic carbocycles. The van der Waals surface area contributed by atoms with Crippen LogP contribution in [0.25, 0.3) is 0 Å². The zero-order valence-corrected chi connectivity index (χ0v) is 52.4. The molecular formula is C76H118O6. The molecule has 0 fully saturated rings. The van der Waals surface area contributed by atoms with Crippen LogP contribution in [0.2, 0.25) is 0 Å². The Morgan fingerprint density at radius 2 is 0.488 bits per heavy atom. The van der Waals surface area contributed by atoms with Crippen LogP contribution in [0.5, 0.6) is 0 Å². The molecule has 0 rings (SSSR count). The minimum absolute atomic E-state index is 0.113. The van der Waals surface area contributed by atoms with E-state index in [0.29, 0.717) is 19.3 Å². The number of allylic oxidation sites excluding steroid dienone is 30. The van der Waals surface area contributed by atoms with E-state index in [1.165, 1.54) is 57.8 Å². The lowest BCUT2D eigenvalue weighted by Crippen LogP contribution is -2.30. The first-order chi connectivity index (χ1) is 40.5. The maximum atomic E-state index is 12.9. The number of hydrogen-bond donors (Lipinski definition) is 0. The first-order valence-corrected chi connectivity index (χ1v) is 32.8. The van der Waals surface area contributed by atoms with Gasteiger partial charge in [0, 0.05) is 19.3 Å². The van der Waals surface area contributed by atoms with Gasteiger partial charge in [0.1, 0.15) is 13.2 Å². The van der Waals surface area contributed by atoms with E-state index in [1.807, 2.05) is 0 Å². The smallest absolute Gasteiger partial charge is 0.306 e. The van der Waals surface area contributed by atoms with Gasteiger partial charge in [-0.05, 0) is 135 Å². The molecule has 0 saturated carbocycles. The Balaban J connectivity index is 4.40. The summed E-state index contributed by atoms with van der Waals surface area (Å²) in [5.41, 5.74) is 0. The molecular weight excluding hydrogens is 1010 g/mol. The maximum absolute atomic E-state index is 12.9. The van der Waals surface area contributed by atoms with Gasteiger partial charge >= 0.3 is 17.9 Å². The highest BCUT2D eigenvalue weighted by atomic mass is 16.6. The second-order valence-electron chi connectivity index (χ2n) is 20.9. The van der Waals surface area contributed by atoms with E-state index in [-0.39, 0.29) is 37.5 Å². The van der Waals surface area contributed by atoms with Crippen molar-refractivity contribution in [2.24, 2.45) is 0 Å². The molecule has 458 valence electrons. The van der Waals surface area contributed by atoms with E-state index in [9.17, 15) is 14.4 Å². The largest absolute Gasteiger partial charge is 0.462 e. The Morgan fingerprint density at radius 1 is 0.256 bits per heavy atom. The fourth-order valence-corrected chi connectivity index (χ4v) is 8.33. The number of ether oxygens (including phenoxy) is 3. The highest BCUT2D eigenvalue weighted by molar-refractivity contribution is 5.71. The monoisotopic (exact) mass is 1130 g/mol. The molecule has 1 atom stereocenters. The lowest BCUT2D eigenvalue weighted by molar-refractivity contribution is -0.167. The van der Waals surface area contributed by atoms with E-state index < -0.39 is 6.10 Å². The molecule has 0 aliphatic heterocycles. The second-order valence-corrected chi connectivity index (χ2v) is 20.9. The Bertz CT molecular complexity index is 1920. The van der Waals surface area contributed by atoms with E-state index >= 15 is 0 Å². The van der Waals surface area contributed by atoms with Crippen LogP contribution in [0.15, 0.2) is 182 Å². The summed E-state index contributed by atoms with van der Waals surface area (Å²) in [5.74, 6) is -0.996. The molecule has 0 aromatic heterocycles. The average Bonchev–Trinajstić information content (AvgIpc) is 3.47. The second kappa shape index (κ2) is 68.0. The zero-order valence-electron chi connectivity index (χ0n) is 52.4. The number of unbranched alkanes of at least 4 members (excludes halogenated alkanes) is 16. The van der Waals surface area contributed by atoms with Crippen LogP contribution < -0.4 is 0 Å². The summed E-state index contributed by atoms with van der Waals surface area (Å²) in [4.78, 5) is 38.2. The quantitative estimate of drug-likeness (QED) is 0.0261. The van der Waals surface area contributed by atoms with Gasteiger partial charge in [0.25, 0.3) is 0 Å². The molecule has 0 radical (unpaired) electrons. The Labute approximate surface area is 504 Å². The van der Waals surface area contributed by atoms with Crippen LogP contribution in [0.1, 0.15) is 258 Å². The fourth-order valence-electron chi connectivity index (χ4n) is 8.33. The van der Waals surface area contributed by atoms with Crippen molar-refractivity contribution in [3.05, 3.63) is 182 Å². The molecule has 0 aromatic rings. The Morgan fingerprint density at radius 3 is 0.780 bits per heavy atom. The predicted molar refractivity (Wildman–Crippen MR) is 357 cm³/mol. The summed E-state index contributed by atoms with van der Waals surface area (Å²) < 4.78 is 16.8. The van der Waals surface area contributed by atoms with Crippen molar-refractivity contribution in [3.63, 3.8) is 0 Å². The zero-order chi connectivity index (χ0) is 59.2. The molecule has 0 amide bonds. The summed E-state index contributed by atoms with van der Waals surface area (Å²) in [6.07, 6.45) is 102. The number of carbonyl (C=O) groups excluding carboxylic acids is 3. The third kappa shape index (κ3) is 65.3. The number of hydrogen-bond acceptors (Lipinski definition) is 6. The average molecular weight is 1130 g/mol. The van der Waals surface area contributed by atoms with Crippen molar-refractivity contribution in [1.82, 2.24) is 0 Å². The van der Waals surface area contributed by atoms with Gasteiger partial charge in [-0.15, -0.1) is 0 Å². The van der Waals surface area contributed by atoms with Crippen LogP contribution in [0.4, 0.5) is 0 Å². The van der Waals surface area contributed by atoms with Gasteiger partial charge in [-0.25, -0.2) is 0 Å². The maximum Gasteiger partial charge on any atom is 0.306 e. The Hall–Kier alpha value is -5.49. The normalized spacial score (nSPS) is 13.4. The highest BCUT2D eigenvalue weighted by Crippen LogP contribution is 2.14. The number of carbonyl (C=O) groups is 3. The SMILES string of the molecule is CC/C=C\C/C=C\C/C=C\C/C=C\C/C=C\C/C=C\C/C=C\C/C=C\CCCCCCCCC(=O)OCC(COC(=O)CCCCCCCCCCCC)OC(=O)CCC/C=C\C/C=C\C/C=C\C/C=C\C/C=C\C/C=C\C/C=C\CC. The van der Waals surface area contributed by atoms with E-state index in [1.54, 1.807) is 0 Å². The lowest BCUT2D eigenvalue weighted by Gasteiger charge is -2.18. The molecule has 0 bridgehead atoms. The lowest BCUT2D eigenvalue weighted by atomic mass is 10.1. The van der Waals surface area contributed by atoms with Gasteiger partial charge in [0.2, 0.25) is 0 Å². The predicted octanol–water partition coefficient (Wildman–Crippen LogP) is 22.8. The van der Waals surface area contributed by atoms with Crippen LogP contribution >= 0.6 is 0 Å². The molecule has 0 aliphatic rings. The van der Waals surface area contributed by atoms with Crippen molar-refractivity contribution in [2.75, 3.05) is 13.2 Å². The molecule has 0 heterocycles. The molecule has 6 heteroatoms. The van der Waals surface area contributed by atoms with Gasteiger partial charge < -0.3 is 14.2 Å². The molecule has 0 saturated heterocycles. The molecule has 0 N–H and O–H groups in total. The van der Waals surface area contributed by atoms with Crippen LogP contribution in [-0.4, -0.2) is 37.2 Å². The van der Waals surface area contributed by atoms with Gasteiger partial charge in [-0.1, -0.05) is 287 Å². The fraction of sp³-hybridized carbons (Fsp3) is 0.566.